The zero-order valence-electron chi connectivity index (χ0n) is 15.6. The SMILES string of the molecule is Cn1nc(N2CCC(=O)NC2=O)c2ccc([C@H]3CCN(C(=O)O)CC3(F)F)cc21. The minimum Gasteiger partial charge on any atom is -0.465 e. The fourth-order valence-electron chi connectivity index (χ4n) is 3.95. The van der Waals surface area contributed by atoms with E-state index >= 15 is 0 Å². The maximum Gasteiger partial charge on any atom is 0.407 e. The molecule has 0 bridgehead atoms. The second kappa shape index (κ2) is 6.68. The lowest BCUT2D eigenvalue weighted by Gasteiger charge is -2.37. The Balaban J connectivity index is 1.67. The van der Waals surface area contributed by atoms with Gasteiger partial charge in [0.25, 0.3) is 5.92 Å². The number of likely N-dealkylation sites (tertiary alicyclic amines) is 1. The summed E-state index contributed by atoms with van der Waals surface area (Å²) in [5, 5.41) is 16.2. The molecule has 4 rings (SSSR count). The molecular weight excluding hydrogens is 388 g/mol. The van der Waals surface area contributed by atoms with E-state index in [1.54, 1.807) is 25.2 Å². The number of hydrogen-bond acceptors (Lipinski definition) is 4. The Kier molecular flexibility index (Phi) is 4.39. The molecule has 29 heavy (non-hydrogen) atoms. The first-order valence-corrected chi connectivity index (χ1v) is 9.11. The number of imide groups is 1. The third-order valence-corrected chi connectivity index (χ3v) is 5.44. The normalized spacial score (nSPS) is 22.1. The number of nitrogens with one attached hydrogen (secondary N) is 1. The number of benzene rings is 1. The summed E-state index contributed by atoms with van der Waals surface area (Å²) in [5.74, 6) is -4.31. The molecule has 2 aromatic rings. The highest BCUT2D eigenvalue weighted by Crippen LogP contribution is 2.41. The fourth-order valence-corrected chi connectivity index (χ4v) is 3.95. The second-order valence-corrected chi connectivity index (χ2v) is 7.29. The first-order valence-electron chi connectivity index (χ1n) is 9.11. The van der Waals surface area contributed by atoms with Crippen molar-refractivity contribution in [3.63, 3.8) is 0 Å². The van der Waals surface area contributed by atoms with Gasteiger partial charge in [0, 0.05) is 31.9 Å². The number of carbonyl (C=O) groups excluding carboxylic acids is 2. The van der Waals surface area contributed by atoms with Crippen LogP contribution in [0.4, 0.5) is 24.2 Å². The number of fused-ring (bicyclic) bond motifs is 1. The van der Waals surface area contributed by atoms with Crippen LogP contribution in [0.15, 0.2) is 18.2 Å². The van der Waals surface area contributed by atoms with E-state index in [0.717, 1.165) is 4.90 Å². The van der Waals surface area contributed by atoms with Gasteiger partial charge in [-0.05, 0) is 24.1 Å². The van der Waals surface area contributed by atoms with Crippen LogP contribution in [0.1, 0.15) is 24.3 Å². The summed E-state index contributed by atoms with van der Waals surface area (Å²) < 4.78 is 30.8. The predicted molar refractivity (Wildman–Crippen MR) is 98.1 cm³/mol. The molecule has 0 unspecified atom stereocenters. The average Bonchev–Trinajstić information content (AvgIpc) is 2.97. The number of anilines is 1. The van der Waals surface area contributed by atoms with Gasteiger partial charge < -0.3 is 10.0 Å². The number of piperidine rings is 1. The summed E-state index contributed by atoms with van der Waals surface area (Å²) in [6.45, 7) is -0.625. The number of aromatic nitrogens is 2. The molecule has 2 N–H and O–H groups in total. The van der Waals surface area contributed by atoms with Crippen LogP contribution < -0.4 is 10.2 Å². The van der Waals surface area contributed by atoms with Crippen molar-refractivity contribution in [3.05, 3.63) is 23.8 Å². The number of carbonyl (C=O) groups is 3. The highest BCUT2D eigenvalue weighted by Gasteiger charge is 2.46. The van der Waals surface area contributed by atoms with Crippen LogP contribution in [0, 0.1) is 0 Å². The van der Waals surface area contributed by atoms with Gasteiger partial charge in [0.15, 0.2) is 5.82 Å². The Morgan fingerprint density at radius 2 is 2.07 bits per heavy atom. The lowest BCUT2D eigenvalue weighted by Crippen LogP contribution is -2.49. The molecular formula is C18H19F2N5O4. The quantitative estimate of drug-likeness (QED) is 0.793. The van der Waals surface area contributed by atoms with E-state index in [9.17, 15) is 23.2 Å². The zero-order valence-corrected chi connectivity index (χ0v) is 15.6. The average molecular weight is 407 g/mol. The van der Waals surface area contributed by atoms with E-state index in [2.05, 4.69) is 10.4 Å². The molecule has 11 heteroatoms. The van der Waals surface area contributed by atoms with Crippen LogP contribution >= 0.6 is 0 Å². The Bertz CT molecular complexity index is 1020. The van der Waals surface area contributed by atoms with Crippen molar-refractivity contribution in [3.8, 4) is 0 Å². The van der Waals surface area contributed by atoms with E-state index < -0.39 is 30.5 Å². The van der Waals surface area contributed by atoms with E-state index in [1.165, 1.54) is 9.58 Å². The van der Waals surface area contributed by atoms with Crippen LogP contribution in [0.25, 0.3) is 10.9 Å². The van der Waals surface area contributed by atoms with Crippen molar-refractivity contribution in [2.24, 2.45) is 7.05 Å². The van der Waals surface area contributed by atoms with Gasteiger partial charge in [-0.25, -0.2) is 18.4 Å². The molecule has 1 atom stereocenters. The first kappa shape index (κ1) is 19.1. The fraction of sp³-hybridized carbons (Fsp3) is 0.444. The van der Waals surface area contributed by atoms with Crippen LogP contribution in [-0.2, 0) is 11.8 Å². The highest BCUT2D eigenvalue weighted by molar-refractivity contribution is 6.08. The maximum absolute atomic E-state index is 14.6. The van der Waals surface area contributed by atoms with E-state index in [-0.39, 0.29) is 31.8 Å². The minimum atomic E-state index is -3.20. The van der Waals surface area contributed by atoms with E-state index in [0.29, 0.717) is 22.3 Å². The predicted octanol–water partition coefficient (Wildman–Crippen LogP) is 2.12. The van der Waals surface area contributed by atoms with Crippen molar-refractivity contribution >= 4 is 34.8 Å². The largest absolute Gasteiger partial charge is 0.465 e. The first-order chi connectivity index (χ1) is 13.7. The minimum absolute atomic E-state index is 0.00611. The van der Waals surface area contributed by atoms with Crippen LogP contribution in [0.5, 0.6) is 0 Å². The molecule has 2 saturated heterocycles. The number of alkyl halides is 2. The zero-order chi connectivity index (χ0) is 20.9. The number of halogens is 2. The molecule has 0 aliphatic carbocycles. The molecule has 2 aliphatic heterocycles. The number of urea groups is 1. The molecule has 0 radical (unpaired) electrons. The topological polar surface area (TPSA) is 108 Å². The Morgan fingerprint density at radius 3 is 2.72 bits per heavy atom. The molecule has 2 fully saturated rings. The third kappa shape index (κ3) is 3.26. The maximum atomic E-state index is 14.6. The summed E-state index contributed by atoms with van der Waals surface area (Å²) >= 11 is 0. The standard InChI is InChI=1S/C18H19F2N5O4/c1-23-13-8-10(12-4-6-24(17(28)29)9-18(12,19)20)2-3-11(13)15(22-23)25-7-5-14(26)21-16(25)27/h2-3,8,12H,4-7,9H2,1H3,(H,28,29)(H,21,26,27)/t12-/m1/s1. The van der Waals surface area contributed by atoms with Gasteiger partial charge in [-0.3, -0.25) is 19.7 Å². The van der Waals surface area contributed by atoms with Crippen molar-refractivity contribution in [1.29, 1.82) is 0 Å². The Morgan fingerprint density at radius 1 is 1.31 bits per heavy atom. The summed E-state index contributed by atoms with van der Waals surface area (Å²) in [4.78, 5) is 36.6. The van der Waals surface area contributed by atoms with Gasteiger partial charge in [0.1, 0.15) is 0 Å². The molecule has 2 aliphatic rings. The van der Waals surface area contributed by atoms with Crippen LogP contribution in [0.3, 0.4) is 0 Å². The molecule has 0 spiro atoms. The highest BCUT2D eigenvalue weighted by atomic mass is 19.3. The number of nitrogens with zero attached hydrogens (tertiary/aromatic N) is 4. The van der Waals surface area contributed by atoms with Gasteiger partial charge in [-0.15, -0.1) is 0 Å². The van der Waals surface area contributed by atoms with Crippen molar-refractivity contribution < 1.29 is 28.3 Å². The number of hydrogen-bond donors (Lipinski definition) is 2. The summed E-state index contributed by atoms with van der Waals surface area (Å²) in [5.41, 5.74) is 0.957. The van der Waals surface area contributed by atoms with Crippen molar-refractivity contribution in [2.75, 3.05) is 24.5 Å². The van der Waals surface area contributed by atoms with Crippen molar-refractivity contribution in [2.45, 2.75) is 24.7 Å². The lowest BCUT2D eigenvalue weighted by molar-refractivity contribution is -0.120. The van der Waals surface area contributed by atoms with Gasteiger partial charge in [0.05, 0.1) is 18.0 Å². The number of rotatable bonds is 2. The summed E-state index contributed by atoms with van der Waals surface area (Å²) in [6.07, 6.45) is -1.20. The lowest BCUT2D eigenvalue weighted by atomic mass is 9.86. The number of carboxylic acid groups (broad SMARTS) is 1. The Labute approximate surface area is 163 Å². The Hall–Kier alpha value is -3.24. The number of amides is 4. The number of aryl methyl sites for hydroxylation is 1. The van der Waals surface area contributed by atoms with Crippen LogP contribution in [0.2, 0.25) is 0 Å². The molecule has 154 valence electrons. The molecule has 1 aromatic carbocycles. The third-order valence-electron chi connectivity index (χ3n) is 5.44. The van der Waals surface area contributed by atoms with E-state index in [1.807, 2.05) is 0 Å². The van der Waals surface area contributed by atoms with Crippen molar-refractivity contribution in [1.82, 2.24) is 20.0 Å². The molecule has 9 nitrogen and oxygen atoms in total. The molecule has 0 saturated carbocycles. The van der Waals surface area contributed by atoms with E-state index in [4.69, 9.17) is 5.11 Å². The van der Waals surface area contributed by atoms with Crippen LogP contribution in [-0.4, -0.2) is 63.4 Å². The smallest absolute Gasteiger partial charge is 0.407 e. The molecule has 3 heterocycles. The van der Waals surface area contributed by atoms with Gasteiger partial charge in [-0.1, -0.05) is 6.07 Å². The second-order valence-electron chi connectivity index (χ2n) is 7.29. The monoisotopic (exact) mass is 407 g/mol. The van der Waals surface area contributed by atoms with Gasteiger partial charge >= 0.3 is 12.1 Å². The summed E-state index contributed by atoms with van der Waals surface area (Å²) in [7, 11) is 1.65. The molecule has 4 amide bonds. The summed E-state index contributed by atoms with van der Waals surface area (Å²) in [6, 6.07) is 4.23. The van der Waals surface area contributed by atoms with Gasteiger partial charge in [-0.2, -0.15) is 5.10 Å². The van der Waals surface area contributed by atoms with Gasteiger partial charge in [0.2, 0.25) is 5.91 Å². The molecule has 1 aromatic heterocycles.